The van der Waals surface area contributed by atoms with Gasteiger partial charge in [-0.05, 0) is 44.4 Å². The molecule has 1 fully saturated rings. The molecular weight excluding hydrogens is 309 g/mol. The highest BCUT2D eigenvalue weighted by atomic mass is 19.1. The van der Waals surface area contributed by atoms with Crippen molar-refractivity contribution in [1.82, 2.24) is 10.6 Å². The molecule has 2 N–H and O–H groups in total. The first-order valence-electron chi connectivity index (χ1n) is 8.35. The van der Waals surface area contributed by atoms with Crippen LogP contribution >= 0.6 is 0 Å². The van der Waals surface area contributed by atoms with Crippen LogP contribution in [0.1, 0.15) is 38.7 Å². The molecule has 0 saturated heterocycles. The first-order chi connectivity index (χ1) is 11.4. The molecule has 2 rings (SSSR count). The molecule has 1 saturated carbocycles. The molecule has 0 aromatic heterocycles. The van der Waals surface area contributed by atoms with Crippen molar-refractivity contribution in [3.05, 3.63) is 35.6 Å². The maximum Gasteiger partial charge on any atom is 0.307 e. The molecule has 0 heterocycles. The Morgan fingerprint density at radius 1 is 1.38 bits per heavy atom. The normalized spacial score (nSPS) is 16.0. The van der Waals surface area contributed by atoms with Gasteiger partial charge in [0.25, 0.3) is 0 Å². The predicted molar refractivity (Wildman–Crippen MR) is 92.5 cm³/mol. The lowest BCUT2D eigenvalue weighted by Gasteiger charge is -2.19. The van der Waals surface area contributed by atoms with Crippen LogP contribution in [0.5, 0.6) is 0 Å². The number of carbonyl (C=O) groups excluding carboxylic acids is 1. The molecule has 1 aliphatic carbocycles. The van der Waals surface area contributed by atoms with E-state index < -0.39 is 0 Å². The molecular formula is C18H26FN3O2. The number of benzene rings is 1. The van der Waals surface area contributed by atoms with Gasteiger partial charge in [0.2, 0.25) is 0 Å². The first-order valence-corrected chi connectivity index (χ1v) is 8.35. The Morgan fingerprint density at radius 2 is 2.12 bits per heavy atom. The Hall–Kier alpha value is -2.11. The molecule has 132 valence electrons. The van der Waals surface area contributed by atoms with Crippen LogP contribution < -0.4 is 10.6 Å². The topological polar surface area (TPSA) is 62.7 Å². The second-order valence-corrected chi connectivity index (χ2v) is 6.43. The van der Waals surface area contributed by atoms with Crippen LogP contribution in [0, 0.1) is 5.82 Å². The fourth-order valence-corrected chi connectivity index (χ4v) is 2.62. The number of halogens is 1. The molecule has 0 amide bonds. The maximum atomic E-state index is 13.4. The van der Waals surface area contributed by atoms with Crippen molar-refractivity contribution in [2.45, 2.75) is 44.6 Å². The molecule has 0 bridgehead atoms. The number of ether oxygens (including phenoxy) is 1. The average Bonchev–Trinajstić information content (AvgIpc) is 3.31. The number of hydrogen-bond acceptors (Lipinski definition) is 3. The largest absolute Gasteiger partial charge is 0.463 e. The third-order valence-corrected chi connectivity index (χ3v) is 4.10. The fraction of sp³-hybridized carbons (Fsp3) is 0.556. The molecule has 0 aliphatic heterocycles. The Bertz CT molecular complexity index is 598. The van der Waals surface area contributed by atoms with Gasteiger partial charge < -0.3 is 15.4 Å². The summed E-state index contributed by atoms with van der Waals surface area (Å²) in [5.74, 6) is 0.200. The minimum atomic E-state index is -0.230. The summed E-state index contributed by atoms with van der Waals surface area (Å²) in [5, 5.41) is 6.37. The highest BCUT2D eigenvalue weighted by Crippen LogP contribution is 2.47. The van der Waals surface area contributed by atoms with Gasteiger partial charge in [-0.15, -0.1) is 0 Å². The summed E-state index contributed by atoms with van der Waals surface area (Å²) in [7, 11) is 1.68. The molecule has 6 heteroatoms. The summed E-state index contributed by atoms with van der Waals surface area (Å²) >= 11 is 0. The Morgan fingerprint density at radius 3 is 2.71 bits per heavy atom. The van der Waals surface area contributed by atoms with Crippen molar-refractivity contribution >= 4 is 11.9 Å². The zero-order valence-corrected chi connectivity index (χ0v) is 14.6. The van der Waals surface area contributed by atoms with E-state index in [0.29, 0.717) is 19.0 Å². The number of carbonyl (C=O) groups is 1. The second-order valence-electron chi connectivity index (χ2n) is 6.43. The van der Waals surface area contributed by atoms with Crippen molar-refractivity contribution in [2.24, 2.45) is 4.99 Å². The Labute approximate surface area is 142 Å². The van der Waals surface area contributed by atoms with E-state index in [2.05, 4.69) is 15.6 Å². The van der Waals surface area contributed by atoms with Gasteiger partial charge in [-0.2, -0.15) is 0 Å². The lowest BCUT2D eigenvalue weighted by Crippen LogP contribution is -2.42. The molecule has 0 unspecified atom stereocenters. The first kappa shape index (κ1) is 18.2. The van der Waals surface area contributed by atoms with Gasteiger partial charge in [0.15, 0.2) is 5.96 Å². The summed E-state index contributed by atoms with van der Waals surface area (Å²) in [5.41, 5.74) is 1.00. The van der Waals surface area contributed by atoms with E-state index in [1.54, 1.807) is 19.2 Å². The zero-order chi connectivity index (χ0) is 17.6. The number of rotatable bonds is 7. The van der Waals surface area contributed by atoms with Crippen LogP contribution in [-0.4, -0.2) is 38.2 Å². The van der Waals surface area contributed by atoms with Crippen molar-refractivity contribution < 1.29 is 13.9 Å². The molecule has 24 heavy (non-hydrogen) atoms. The molecule has 1 aliphatic rings. The zero-order valence-electron chi connectivity index (χ0n) is 14.6. The second kappa shape index (κ2) is 8.13. The standard InChI is InChI=1S/C18H26FN3O2/c1-13(2)24-16(23)7-10-21-17(20-3)22-12-18(8-9-18)14-5-4-6-15(19)11-14/h4-6,11,13H,7-10,12H2,1-3H3,(H2,20,21,22). The summed E-state index contributed by atoms with van der Waals surface area (Å²) in [6.45, 7) is 4.80. The molecule has 1 aromatic rings. The van der Waals surface area contributed by atoms with Crippen LogP contribution in [-0.2, 0) is 14.9 Å². The van der Waals surface area contributed by atoms with Gasteiger partial charge in [-0.3, -0.25) is 9.79 Å². The van der Waals surface area contributed by atoms with Crippen molar-refractivity contribution in [3.63, 3.8) is 0 Å². The van der Waals surface area contributed by atoms with E-state index in [1.165, 1.54) is 6.07 Å². The van der Waals surface area contributed by atoms with E-state index >= 15 is 0 Å². The van der Waals surface area contributed by atoms with Crippen LogP contribution in [0.25, 0.3) is 0 Å². The summed E-state index contributed by atoms with van der Waals surface area (Å²) in [4.78, 5) is 15.7. The minimum Gasteiger partial charge on any atom is -0.463 e. The number of aliphatic imine (C=N–C) groups is 1. The van der Waals surface area contributed by atoms with Crippen molar-refractivity contribution in [2.75, 3.05) is 20.1 Å². The maximum absolute atomic E-state index is 13.4. The van der Waals surface area contributed by atoms with E-state index in [-0.39, 0.29) is 29.7 Å². The summed E-state index contributed by atoms with van der Waals surface area (Å²) < 4.78 is 18.5. The lowest BCUT2D eigenvalue weighted by atomic mass is 9.96. The Kier molecular flexibility index (Phi) is 6.17. The van der Waals surface area contributed by atoms with Crippen LogP contribution in [0.4, 0.5) is 4.39 Å². The summed E-state index contributed by atoms with van der Waals surface area (Å²) in [6, 6.07) is 6.78. The van der Waals surface area contributed by atoms with Gasteiger partial charge in [0.1, 0.15) is 5.82 Å². The molecule has 0 radical (unpaired) electrons. The smallest absolute Gasteiger partial charge is 0.307 e. The SMILES string of the molecule is CN=C(NCCC(=O)OC(C)C)NCC1(c2cccc(F)c2)CC1. The molecule has 5 nitrogen and oxygen atoms in total. The highest BCUT2D eigenvalue weighted by Gasteiger charge is 2.44. The minimum absolute atomic E-state index is 0.0176. The van der Waals surface area contributed by atoms with Gasteiger partial charge in [-0.25, -0.2) is 4.39 Å². The average molecular weight is 335 g/mol. The number of nitrogens with zero attached hydrogens (tertiary/aromatic N) is 1. The van der Waals surface area contributed by atoms with Gasteiger partial charge in [-0.1, -0.05) is 12.1 Å². The number of guanidine groups is 1. The van der Waals surface area contributed by atoms with Crippen LogP contribution in [0.3, 0.4) is 0 Å². The molecule has 1 aromatic carbocycles. The van der Waals surface area contributed by atoms with Crippen LogP contribution in [0.15, 0.2) is 29.3 Å². The van der Waals surface area contributed by atoms with Crippen molar-refractivity contribution in [3.8, 4) is 0 Å². The molecule has 0 spiro atoms. The third-order valence-electron chi connectivity index (χ3n) is 4.10. The van der Waals surface area contributed by atoms with Gasteiger partial charge in [0.05, 0.1) is 12.5 Å². The van der Waals surface area contributed by atoms with Crippen molar-refractivity contribution in [1.29, 1.82) is 0 Å². The van der Waals surface area contributed by atoms with E-state index in [9.17, 15) is 9.18 Å². The summed E-state index contributed by atoms with van der Waals surface area (Å²) in [6.07, 6.45) is 2.24. The Balaban J connectivity index is 1.79. The van der Waals surface area contributed by atoms with E-state index in [1.807, 2.05) is 19.9 Å². The highest BCUT2D eigenvalue weighted by molar-refractivity contribution is 5.80. The van der Waals surface area contributed by atoms with Crippen LogP contribution in [0.2, 0.25) is 0 Å². The number of esters is 1. The van der Waals surface area contributed by atoms with Gasteiger partial charge in [0, 0.05) is 25.6 Å². The monoisotopic (exact) mass is 335 g/mol. The number of hydrogen-bond donors (Lipinski definition) is 2. The van der Waals surface area contributed by atoms with Gasteiger partial charge >= 0.3 is 5.97 Å². The number of nitrogens with one attached hydrogen (secondary N) is 2. The van der Waals surface area contributed by atoms with E-state index in [0.717, 1.165) is 18.4 Å². The molecule has 0 atom stereocenters. The predicted octanol–water partition coefficient (Wildman–Crippen LogP) is 2.36. The fourth-order valence-electron chi connectivity index (χ4n) is 2.62. The van der Waals surface area contributed by atoms with E-state index in [4.69, 9.17) is 4.74 Å². The third kappa shape index (κ3) is 5.22. The quantitative estimate of drug-likeness (QED) is 0.456. The lowest BCUT2D eigenvalue weighted by molar-refractivity contribution is -0.147.